The minimum Gasteiger partial charge on any atom is -0.378 e. The number of hydrogen-bond acceptors (Lipinski definition) is 10. The molecule has 0 spiro atoms. The summed E-state index contributed by atoms with van der Waals surface area (Å²) in [7, 11) is 0. The van der Waals surface area contributed by atoms with Crippen LogP contribution in [0.5, 0.6) is 0 Å². The third-order valence-corrected chi connectivity index (χ3v) is 7.18. The number of thioether (sulfide) groups is 2. The predicted molar refractivity (Wildman–Crippen MR) is 130 cm³/mol. The van der Waals surface area contributed by atoms with Gasteiger partial charge >= 0.3 is 0 Å². The van der Waals surface area contributed by atoms with Crippen LogP contribution in [0.3, 0.4) is 0 Å². The summed E-state index contributed by atoms with van der Waals surface area (Å²) < 4.78 is 10.9. The van der Waals surface area contributed by atoms with Gasteiger partial charge in [-0.05, 0) is 26.7 Å². The van der Waals surface area contributed by atoms with Gasteiger partial charge in [0.05, 0.1) is 26.4 Å². The Hall–Kier alpha value is -1.62. The fraction of sp³-hybridized carbons (Fsp3) is 0.636. The van der Waals surface area contributed by atoms with Gasteiger partial charge in [-0.1, -0.05) is 23.5 Å². The Balaban J connectivity index is 1.21. The van der Waals surface area contributed by atoms with Crippen LogP contribution in [0.25, 0.3) is 0 Å². The first-order valence-corrected chi connectivity index (χ1v) is 13.3. The zero-order valence-corrected chi connectivity index (χ0v) is 20.6. The minimum absolute atomic E-state index is 0.766. The highest BCUT2D eigenvalue weighted by molar-refractivity contribution is 7.99. The van der Waals surface area contributed by atoms with E-state index in [1.54, 1.807) is 23.5 Å². The van der Waals surface area contributed by atoms with Crippen LogP contribution in [0, 0.1) is 13.8 Å². The van der Waals surface area contributed by atoms with Crippen molar-refractivity contribution in [2.75, 3.05) is 73.9 Å². The topological polar surface area (TPSA) is 76.5 Å². The van der Waals surface area contributed by atoms with Gasteiger partial charge in [0.2, 0.25) is 0 Å². The largest absolute Gasteiger partial charge is 0.378 e. The lowest BCUT2D eigenvalue weighted by atomic mass is 10.3. The Bertz CT molecular complexity index is 804. The molecule has 2 aliphatic heterocycles. The second kappa shape index (κ2) is 12.0. The molecule has 174 valence electrons. The van der Waals surface area contributed by atoms with E-state index < -0.39 is 0 Å². The van der Waals surface area contributed by atoms with Crippen molar-refractivity contribution in [2.24, 2.45) is 0 Å². The Kier molecular flexibility index (Phi) is 8.84. The third-order valence-electron chi connectivity index (χ3n) is 5.31. The number of anilines is 2. The maximum atomic E-state index is 5.45. The average Bonchev–Trinajstić information content (AvgIpc) is 2.82. The van der Waals surface area contributed by atoms with Crippen LogP contribution < -0.4 is 9.80 Å². The van der Waals surface area contributed by atoms with Gasteiger partial charge in [-0.3, -0.25) is 0 Å². The highest BCUT2D eigenvalue weighted by Gasteiger charge is 2.15. The lowest BCUT2D eigenvalue weighted by Crippen LogP contribution is -2.36. The number of morpholine rings is 2. The van der Waals surface area contributed by atoms with Crippen LogP contribution in [-0.4, -0.2) is 84.0 Å². The van der Waals surface area contributed by atoms with E-state index in [9.17, 15) is 0 Å². The molecule has 2 aliphatic rings. The summed E-state index contributed by atoms with van der Waals surface area (Å²) in [5.74, 6) is 4.07. The first-order valence-electron chi connectivity index (χ1n) is 11.3. The summed E-state index contributed by atoms with van der Waals surface area (Å²) in [6.45, 7) is 10.7. The highest BCUT2D eigenvalue weighted by atomic mass is 32.2. The maximum absolute atomic E-state index is 5.45. The van der Waals surface area contributed by atoms with Crippen LogP contribution in [-0.2, 0) is 9.47 Å². The molecule has 8 nitrogen and oxygen atoms in total. The SMILES string of the molecule is Cc1cc(N2CCOCC2)nc(SCCCCSc2nc(C)cc(N3CCOCC3)n2)n1. The van der Waals surface area contributed by atoms with Crippen molar-refractivity contribution in [3.05, 3.63) is 23.5 Å². The summed E-state index contributed by atoms with van der Waals surface area (Å²) in [6, 6.07) is 4.14. The zero-order valence-electron chi connectivity index (χ0n) is 19.0. The molecule has 10 heteroatoms. The molecule has 0 aromatic carbocycles. The molecule has 4 rings (SSSR count). The number of unbranched alkanes of at least 4 members (excludes halogenated alkanes) is 1. The molecule has 0 amide bonds. The zero-order chi connectivity index (χ0) is 22.2. The van der Waals surface area contributed by atoms with E-state index in [1.165, 1.54) is 0 Å². The van der Waals surface area contributed by atoms with Gasteiger partial charge in [0, 0.05) is 61.2 Å². The quantitative estimate of drug-likeness (QED) is 0.306. The monoisotopic (exact) mass is 476 g/mol. The number of aromatic nitrogens is 4. The standard InChI is InChI=1S/C22H32N6O2S2/c1-17-15-19(27-5-9-29-10-6-27)25-21(23-17)31-13-3-4-14-32-22-24-18(2)16-20(26-22)28-7-11-30-12-8-28/h15-16H,3-14H2,1-2H3. The van der Waals surface area contributed by atoms with Gasteiger partial charge in [0.1, 0.15) is 11.6 Å². The number of ether oxygens (including phenoxy) is 2. The second-order valence-electron chi connectivity index (χ2n) is 7.90. The molecule has 0 bridgehead atoms. The van der Waals surface area contributed by atoms with E-state index >= 15 is 0 Å². The van der Waals surface area contributed by atoms with E-state index in [4.69, 9.17) is 19.4 Å². The second-order valence-corrected chi connectivity index (χ2v) is 10.0. The summed E-state index contributed by atoms with van der Waals surface area (Å²) in [5, 5.41) is 1.74. The van der Waals surface area contributed by atoms with E-state index in [-0.39, 0.29) is 0 Å². The van der Waals surface area contributed by atoms with Gasteiger partial charge in [0.25, 0.3) is 0 Å². The summed E-state index contributed by atoms with van der Waals surface area (Å²) >= 11 is 3.49. The molecule has 32 heavy (non-hydrogen) atoms. The van der Waals surface area contributed by atoms with E-state index in [0.717, 1.165) is 110 Å². The number of rotatable bonds is 9. The Morgan fingerprint density at radius 1 is 0.688 bits per heavy atom. The Labute approximate surface area is 198 Å². The van der Waals surface area contributed by atoms with Gasteiger partial charge in [-0.15, -0.1) is 0 Å². The molecule has 2 aromatic rings. The summed E-state index contributed by atoms with van der Waals surface area (Å²) in [4.78, 5) is 23.3. The third kappa shape index (κ3) is 6.94. The van der Waals surface area contributed by atoms with Crippen molar-refractivity contribution in [1.29, 1.82) is 0 Å². The summed E-state index contributed by atoms with van der Waals surface area (Å²) in [5.41, 5.74) is 2.04. The van der Waals surface area contributed by atoms with Crippen LogP contribution in [0.4, 0.5) is 11.6 Å². The number of nitrogens with zero attached hydrogens (tertiary/aromatic N) is 6. The van der Waals surface area contributed by atoms with E-state index in [2.05, 4.69) is 31.9 Å². The molecule has 2 aromatic heterocycles. The molecule has 0 N–H and O–H groups in total. The van der Waals surface area contributed by atoms with Crippen molar-refractivity contribution >= 4 is 35.2 Å². The van der Waals surface area contributed by atoms with E-state index in [0.29, 0.717) is 0 Å². The van der Waals surface area contributed by atoms with Crippen LogP contribution in [0.1, 0.15) is 24.2 Å². The van der Waals surface area contributed by atoms with Crippen molar-refractivity contribution in [3.8, 4) is 0 Å². The first kappa shape index (κ1) is 23.5. The van der Waals surface area contributed by atoms with Crippen molar-refractivity contribution in [1.82, 2.24) is 19.9 Å². The molecule has 4 heterocycles. The van der Waals surface area contributed by atoms with Crippen LogP contribution in [0.2, 0.25) is 0 Å². The van der Waals surface area contributed by atoms with Gasteiger partial charge in [-0.25, -0.2) is 19.9 Å². The smallest absolute Gasteiger partial charge is 0.189 e. The molecule has 2 fully saturated rings. The first-order chi connectivity index (χ1) is 15.7. The molecular formula is C22H32N6O2S2. The molecule has 0 atom stereocenters. The van der Waals surface area contributed by atoms with Crippen molar-refractivity contribution in [3.63, 3.8) is 0 Å². The molecular weight excluding hydrogens is 444 g/mol. The molecule has 0 unspecified atom stereocenters. The Morgan fingerprint density at radius 2 is 1.09 bits per heavy atom. The van der Waals surface area contributed by atoms with Gasteiger partial charge < -0.3 is 19.3 Å². The fourth-order valence-corrected chi connectivity index (χ4v) is 5.41. The maximum Gasteiger partial charge on any atom is 0.189 e. The van der Waals surface area contributed by atoms with Crippen molar-refractivity contribution in [2.45, 2.75) is 37.0 Å². The Morgan fingerprint density at radius 3 is 1.50 bits per heavy atom. The normalized spacial score (nSPS) is 17.1. The lowest BCUT2D eigenvalue weighted by molar-refractivity contribution is 0.122. The van der Waals surface area contributed by atoms with Crippen LogP contribution in [0.15, 0.2) is 22.4 Å². The highest BCUT2D eigenvalue weighted by Crippen LogP contribution is 2.23. The van der Waals surface area contributed by atoms with E-state index in [1.807, 2.05) is 13.8 Å². The molecule has 2 saturated heterocycles. The number of aryl methyl sites for hydroxylation is 2. The number of hydrogen-bond donors (Lipinski definition) is 0. The predicted octanol–water partition coefficient (Wildman–Crippen LogP) is 3.22. The fourth-order valence-electron chi connectivity index (χ4n) is 3.62. The lowest BCUT2D eigenvalue weighted by Gasteiger charge is -2.28. The minimum atomic E-state index is 0.766. The molecule has 0 saturated carbocycles. The van der Waals surface area contributed by atoms with Crippen molar-refractivity contribution < 1.29 is 9.47 Å². The van der Waals surface area contributed by atoms with Crippen LogP contribution >= 0.6 is 23.5 Å². The van der Waals surface area contributed by atoms with Gasteiger partial charge in [-0.2, -0.15) is 0 Å². The van der Waals surface area contributed by atoms with Gasteiger partial charge in [0.15, 0.2) is 10.3 Å². The molecule has 0 radical (unpaired) electrons. The average molecular weight is 477 g/mol. The molecule has 0 aliphatic carbocycles. The summed E-state index contributed by atoms with van der Waals surface area (Å²) in [6.07, 6.45) is 2.23.